The van der Waals surface area contributed by atoms with Crippen LogP contribution in [0, 0.1) is 6.58 Å². The van der Waals surface area contributed by atoms with E-state index in [0.717, 1.165) is 19.3 Å². The number of hydrogen-bond acceptors (Lipinski definition) is 1. The fourth-order valence-corrected chi connectivity index (χ4v) is 1.12. The molecule has 0 rings (SSSR count). The van der Waals surface area contributed by atoms with Gasteiger partial charge in [0.1, 0.15) is 6.10 Å². The zero-order valence-electron chi connectivity index (χ0n) is 8.06. The van der Waals surface area contributed by atoms with Crippen molar-refractivity contribution in [1.82, 2.24) is 0 Å². The summed E-state index contributed by atoms with van der Waals surface area (Å²) < 4.78 is 35.4. The number of unbranched alkanes of at least 4 members (excludes halogenated alkanes) is 4. The Morgan fingerprint density at radius 1 is 1.14 bits per heavy atom. The normalized spacial score (nSPS) is 14.0. The Kier molecular flexibility index (Phi) is 6.62. The summed E-state index contributed by atoms with van der Waals surface area (Å²) in [5, 5.41) is 8.64. The maximum atomic E-state index is 11.8. The zero-order chi connectivity index (χ0) is 11.0. The fourth-order valence-electron chi connectivity index (χ4n) is 1.12. The molecule has 0 aliphatic rings. The van der Waals surface area contributed by atoms with Gasteiger partial charge in [-0.05, 0) is 19.3 Å². The molecule has 0 aliphatic heterocycles. The van der Waals surface area contributed by atoms with E-state index in [1.54, 1.807) is 6.08 Å². The Hall–Kier alpha value is -0.510. The molecule has 0 aliphatic carbocycles. The maximum Gasteiger partial charge on any atom is 0.414 e. The third-order valence-electron chi connectivity index (χ3n) is 1.98. The van der Waals surface area contributed by atoms with Crippen LogP contribution in [0.3, 0.4) is 0 Å². The van der Waals surface area contributed by atoms with E-state index in [1.165, 1.54) is 0 Å². The molecule has 0 aromatic heterocycles. The summed E-state index contributed by atoms with van der Waals surface area (Å²) in [4.78, 5) is 0. The summed E-state index contributed by atoms with van der Waals surface area (Å²) >= 11 is 0. The fraction of sp³-hybridized carbons (Fsp3) is 0.800. The molecule has 0 aromatic carbocycles. The van der Waals surface area contributed by atoms with Crippen LogP contribution >= 0.6 is 0 Å². The predicted molar refractivity (Wildman–Crippen MR) is 48.6 cm³/mol. The molecule has 0 aromatic rings. The molecule has 0 spiro atoms. The lowest BCUT2D eigenvalue weighted by atomic mass is 10.1. The van der Waals surface area contributed by atoms with E-state index in [2.05, 4.69) is 0 Å². The van der Waals surface area contributed by atoms with Gasteiger partial charge in [-0.25, -0.2) is 0 Å². The molecule has 0 bridgehead atoms. The molecule has 0 saturated carbocycles. The lowest BCUT2D eigenvalue weighted by Gasteiger charge is -2.13. The van der Waals surface area contributed by atoms with Gasteiger partial charge in [0.25, 0.3) is 0 Å². The molecule has 0 fully saturated rings. The second-order valence-corrected chi connectivity index (χ2v) is 3.28. The highest BCUT2D eigenvalue weighted by molar-refractivity contribution is 4.65. The second-order valence-electron chi connectivity index (χ2n) is 3.28. The van der Waals surface area contributed by atoms with Gasteiger partial charge in [-0.1, -0.05) is 31.9 Å². The van der Waals surface area contributed by atoms with Crippen molar-refractivity contribution in [3.8, 4) is 0 Å². The van der Waals surface area contributed by atoms with E-state index in [9.17, 15) is 13.2 Å². The Morgan fingerprint density at radius 3 is 2.21 bits per heavy atom. The molecule has 1 unspecified atom stereocenters. The summed E-state index contributed by atoms with van der Waals surface area (Å²) in [6.45, 7) is 5.13. The van der Waals surface area contributed by atoms with Crippen LogP contribution in [0.4, 0.5) is 13.2 Å². The van der Waals surface area contributed by atoms with Crippen molar-refractivity contribution in [2.45, 2.75) is 50.8 Å². The molecule has 83 valence electrons. The number of aliphatic hydroxyl groups excluding tert-OH is 1. The van der Waals surface area contributed by atoms with Crippen LogP contribution in [-0.4, -0.2) is 17.4 Å². The average molecular weight is 209 g/mol. The first-order valence-electron chi connectivity index (χ1n) is 4.76. The Bertz CT molecular complexity index is 154. The summed E-state index contributed by atoms with van der Waals surface area (Å²) in [5.41, 5.74) is 0. The highest BCUT2D eigenvalue weighted by atomic mass is 19.4. The Morgan fingerprint density at radius 2 is 1.71 bits per heavy atom. The molecule has 0 saturated heterocycles. The number of halogens is 3. The second kappa shape index (κ2) is 6.87. The number of alkyl halides is 3. The van der Waals surface area contributed by atoms with Crippen molar-refractivity contribution in [3.05, 3.63) is 12.7 Å². The van der Waals surface area contributed by atoms with Crippen LogP contribution in [0.25, 0.3) is 0 Å². The van der Waals surface area contributed by atoms with E-state index in [0.29, 0.717) is 12.8 Å². The van der Waals surface area contributed by atoms with Gasteiger partial charge in [-0.3, -0.25) is 0 Å². The quantitative estimate of drug-likeness (QED) is 0.638. The zero-order valence-corrected chi connectivity index (χ0v) is 8.06. The van der Waals surface area contributed by atoms with Crippen LogP contribution in [0.5, 0.6) is 0 Å². The molecule has 1 radical (unpaired) electrons. The SMILES string of the molecule is [CH]=CCCCCCCC(O)C(F)(F)F. The summed E-state index contributed by atoms with van der Waals surface area (Å²) in [6, 6.07) is 0. The van der Waals surface area contributed by atoms with Gasteiger partial charge >= 0.3 is 6.18 Å². The van der Waals surface area contributed by atoms with Gasteiger partial charge in [0, 0.05) is 0 Å². The Labute approximate surface area is 82.6 Å². The van der Waals surface area contributed by atoms with Crippen LogP contribution in [0.2, 0.25) is 0 Å². The smallest absolute Gasteiger partial charge is 0.384 e. The first kappa shape index (κ1) is 13.5. The van der Waals surface area contributed by atoms with Crippen molar-refractivity contribution in [2.75, 3.05) is 0 Å². The summed E-state index contributed by atoms with van der Waals surface area (Å²) in [6.07, 6.45) is -1.61. The molecular weight excluding hydrogens is 193 g/mol. The van der Waals surface area contributed by atoms with Crippen LogP contribution in [0.1, 0.15) is 38.5 Å². The van der Waals surface area contributed by atoms with Gasteiger partial charge in [-0.15, -0.1) is 0 Å². The van der Waals surface area contributed by atoms with E-state index >= 15 is 0 Å². The Balaban J connectivity index is 3.32. The van der Waals surface area contributed by atoms with E-state index in [4.69, 9.17) is 11.7 Å². The lowest BCUT2D eigenvalue weighted by molar-refractivity contribution is -0.205. The van der Waals surface area contributed by atoms with E-state index in [1.807, 2.05) is 0 Å². The summed E-state index contributed by atoms with van der Waals surface area (Å²) in [5.74, 6) is 0. The third kappa shape index (κ3) is 6.95. The number of rotatable bonds is 7. The standard InChI is InChI=1S/C10H16F3O/c1-2-3-4-5-6-7-8-9(14)10(11,12)13/h1-2,9,14H,3-8H2. The molecule has 1 N–H and O–H groups in total. The van der Waals surface area contributed by atoms with Crippen molar-refractivity contribution in [2.24, 2.45) is 0 Å². The van der Waals surface area contributed by atoms with Crippen molar-refractivity contribution >= 4 is 0 Å². The molecular formula is C10H16F3O. The number of aliphatic hydroxyl groups is 1. The minimum atomic E-state index is -4.47. The highest BCUT2D eigenvalue weighted by Gasteiger charge is 2.37. The maximum absolute atomic E-state index is 11.8. The molecule has 0 amide bonds. The molecule has 1 nitrogen and oxygen atoms in total. The molecule has 1 atom stereocenters. The van der Waals surface area contributed by atoms with Gasteiger partial charge in [0.05, 0.1) is 0 Å². The first-order valence-corrected chi connectivity index (χ1v) is 4.76. The first-order chi connectivity index (χ1) is 6.48. The van der Waals surface area contributed by atoms with Crippen molar-refractivity contribution < 1.29 is 18.3 Å². The number of allylic oxidation sites excluding steroid dienone is 1. The van der Waals surface area contributed by atoms with E-state index in [-0.39, 0.29) is 6.42 Å². The lowest BCUT2D eigenvalue weighted by Crippen LogP contribution is -2.28. The third-order valence-corrected chi connectivity index (χ3v) is 1.98. The summed E-state index contributed by atoms with van der Waals surface area (Å²) in [7, 11) is 0. The number of hydrogen-bond donors (Lipinski definition) is 1. The average Bonchev–Trinajstić information content (AvgIpc) is 2.09. The predicted octanol–water partition coefficient (Wildman–Crippen LogP) is 3.24. The molecule has 14 heavy (non-hydrogen) atoms. The van der Waals surface area contributed by atoms with E-state index < -0.39 is 12.3 Å². The van der Waals surface area contributed by atoms with Gasteiger partial charge < -0.3 is 5.11 Å². The molecule has 4 heteroatoms. The van der Waals surface area contributed by atoms with Gasteiger partial charge in [0.2, 0.25) is 0 Å². The van der Waals surface area contributed by atoms with Crippen LogP contribution in [-0.2, 0) is 0 Å². The highest BCUT2D eigenvalue weighted by Crippen LogP contribution is 2.23. The van der Waals surface area contributed by atoms with Gasteiger partial charge in [0.15, 0.2) is 0 Å². The molecule has 0 heterocycles. The topological polar surface area (TPSA) is 20.2 Å². The van der Waals surface area contributed by atoms with Crippen molar-refractivity contribution in [3.63, 3.8) is 0 Å². The minimum absolute atomic E-state index is 0.199. The van der Waals surface area contributed by atoms with Gasteiger partial charge in [-0.2, -0.15) is 13.2 Å². The largest absolute Gasteiger partial charge is 0.414 e. The van der Waals surface area contributed by atoms with Crippen LogP contribution < -0.4 is 0 Å². The van der Waals surface area contributed by atoms with Crippen molar-refractivity contribution in [1.29, 1.82) is 0 Å². The minimum Gasteiger partial charge on any atom is -0.384 e. The monoisotopic (exact) mass is 209 g/mol. The van der Waals surface area contributed by atoms with Crippen LogP contribution in [0.15, 0.2) is 6.08 Å².